The van der Waals surface area contributed by atoms with Gasteiger partial charge >= 0.3 is 0 Å². The van der Waals surface area contributed by atoms with Crippen molar-refractivity contribution in [3.63, 3.8) is 0 Å². The molecule has 1 amide bonds. The SMILES string of the molecule is Cc1ccc(C(=O)N2CCc3sccc3C2c2ccccc2)s1. The summed E-state index contributed by atoms with van der Waals surface area (Å²) in [5, 5.41) is 2.14. The van der Waals surface area contributed by atoms with Crippen LogP contribution in [0.5, 0.6) is 0 Å². The van der Waals surface area contributed by atoms with Crippen LogP contribution in [-0.2, 0) is 6.42 Å². The Morgan fingerprint density at radius 1 is 1.13 bits per heavy atom. The molecule has 0 saturated heterocycles. The number of benzene rings is 1. The summed E-state index contributed by atoms with van der Waals surface area (Å²) in [5.74, 6) is 0.147. The summed E-state index contributed by atoms with van der Waals surface area (Å²) < 4.78 is 0. The van der Waals surface area contributed by atoms with Crippen LogP contribution in [0.1, 0.15) is 36.6 Å². The van der Waals surface area contributed by atoms with Gasteiger partial charge in [-0.25, -0.2) is 0 Å². The molecule has 1 aliphatic rings. The third-order valence-corrected chi connectivity index (χ3v) is 6.28. The van der Waals surface area contributed by atoms with Crippen LogP contribution in [0.3, 0.4) is 0 Å². The number of thiophene rings is 2. The second kappa shape index (κ2) is 5.95. The van der Waals surface area contributed by atoms with Crippen molar-refractivity contribution in [3.05, 3.63) is 79.7 Å². The van der Waals surface area contributed by atoms with Crippen LogP contribution in [0.25, 0.3) is 0 Å². The van der Waals surface area contributed by atoms with E-state index in [9.17, 15) is 4.79 Å². The third kappa shape index (κ3) is 2.62. The standard InChI is InChI=1S/C19H17NOS2/c1-13-7-8-17(23-13)19(21)20-11-9-16-15(10-12-22-16)18(20)14-5-3-2-4-6-14/h2-8,10,12,18H,9,11H2,1H3. The van der Waals surface area contributed by atoms with Crippen molar-refractivity contribution in [1.29, 1.82) is 0 Å². The van der Waals surface area contributed by atoms with E-state index in [1.54, 1.807) is 22.7 Å². The van der Waals surface area contributed by atoms with Gasteiger partial charge in [0.1, 0.15) is 0 Å². The largest absolute Gasteiger partial charge is 0.326 e. The number of rotatable bonds is 2. The van der Waals surface area contributed by atoms with Gasteiger partial charge in [-0.2, -0.15) is 0 Å². The average Bonchev–Trinajstić information content (AvgIpc) is 3.22. The number of carbonyl (C=O) groups is 1. The monoisotopic (exact) mass is 339 g/mol. The second-order valence-corrected chi connectivity index (χ2v) is 8.06. The number of hydrogen-bond donors (Lipinski definition) is 0. The number of nitrogens with zero attached hydrogens (tertiary/aromatic N) is 1. The molecule has 1 aromatic carbocycles. The number of amides is 1. The van der Waals surface area contributed by atoms with Crippen molar-refractivity contribution in [1.82, 2.24) is 4.90 Å². The van der Waals surface area contributed by atoms with Crippen molar-refractivity contribution in [2.24, 2.45) is 0 Å². The summed E-state index contributed by atoms with van der Waals surface area (Å²) in [7, 11) is 0. The highest BCUT2D eigenvalue weighted by Crippen LogP contribution is 2.38. The molecule has 2 aromatic heterocycles. The van der Waals surface area contributed by atoms with Crippen LogP contribution in [0.4, 0.5) is 0 Å². The Labute approximate surface area is 144 Å². The van der Waals surface area contributed by atoms with E-state index in [0.717, 1.165) is 17.8 Å². The predicted octanol–water partition coefficient (Wildman–Crippen LogP) is 4.91. The average molecular weight is 339 g/mol. The molecule has 0 fully saturated rings. The highest BCUT2D eigenvalue weighted by Gasteiger charge is 2.33. The first-order valence-corrected chi connectivity index (χ1v) is 9.42. The third-order valence-electron chi connectivity index (χ3n) is 4.29. The summed E-state index contributed by atoms with van der Waals surface area (Å²) >= 11 is 3.38. The lowest BCUT2D eigenvalue weighted by molar-refractivity contribution is 0.0701. The lowest BCUT2D eigenvalue weighted by Crippen LogP contribution is -2.39. The highest BCUT2D eigenvalue weighted by molar-refractivity contribution is 7.14. The Hall–Kier alpha value is -1.91. The van der Waals surface area contributed by atoms with E-state index >= 15 is 0 Å². The van der Waals surface area contributed by atoms with Crippen molar-refractivity contribution in [2.75, 3.05) is 6.54 Å². The molecule has 0 N–H and O–H groups in total. The minimum atomic E-state index is 0.0288. The van der Waals surface area contributed by atoms with Crippen molar-refractivity contribution in [3.8, 4) is 0 Å². The smallest absolute Gasteiger partial charge is 0.264 e. The molecule has 0 saturated carbocycles. The first kappa shape index (κ1) is 14.7. The molecule has 0 aliphatic carbocycles. The zero-order chi connectivity index (χ0) is 15.8. The van der Waals surface area contributed by atoms with Gasteiger partial charge in [0.15, 0.2) is 0 Å². The Bertz CT molecular complexity index is 834. The second-order valence-electron chi connectivity index (χ2n) is 5.77. The van der Waals surface area contributed by atoms with Gasteiger partial charge in [0.25, 0.3) is 5.91 Å². The first-order valence-electron chi connectivity index (χ1n) is 7.72. The number of aryl methyl sites for hydroxylation is 1. The molecule has 1 unspecified atom stereocenters. The van der Waals surface area contributed by atoms with Gasteiger partial charge in [-0.3, -0.25) is 4.79 Å². The van der Waals surface area contributed by atoms with Crippen LogP contribution >= 0.6 is 22.7 Å². The van der Waals surface area contributed by atoms with E-state index in [4.69, 9.17) is 0 Å². The number of fused-ring (bicyclic) bond motifs is 1. The summed E-state index contributed by atoms with van der Waals surface area (Å²) in [4.78, 5) is 18.5. The molecule has 0 radical (unpaired) electrons. The number of carbonyl (C=O) groups excluding carboxylic acids is 1. The van der Waals surface area contributed by atoms with Gasteiger partial charge in [0.2, 0.25) is 0 Å². The van der Waals surface area contributed by atoms with E-state index in [1.807, 2.05) is 42.2 Å². The van der Waals surface area contributed by atoms with Gasteiger partial charge < -0.3 is 4.90 Å². The predicted molar refractivity (Wildman–Crippen MR) is 96.4 cm³/mol. The molecule has 4 heteroatoms. The van der Waals surface area contributed by atoms with E-state index in [1.165, 1.54) is 20.9 Å². The lowest BCUT2D eigenvalue weighted by Gasteiger charge is -2.36. The molecule has 23 heavy (non-hydrogen) atoms. The zero-order valence-corrected chi connectivity index (χ0v) is 14.5. The van der Waals surface area contributed by atoms with E-state index < -0.39 is 0 Å². The summed E-state index contributed by atoms with van der Waals surface area (Å²) in [6.07, 6.45) is 0.951. The maximum absolute atomic E-state index is 13.1. The Balaban J connectivity index is 1.78. The zero-order valence-electron chi connectivity index (χ0n) is 12.9. The van der Waals surface area contributed by atoms with E-state index in [-0.39, 0.29) is 11.9 Å². The fraction of sp³-hybridized carbons (Fsp3) is 0.211. The van der Waals surface area contributed by atoms with Crippen molar-refractivity contribution >= 4 is 28.6 Å². The number of hydrogen-bond acceptors (Lipinski definition) is 3. The molecule has 116 valence electrons. The molecule has 2 nitrogen and oxygen atoms in total. The van der Waals surface area contributed by atoms with Crippen LogP contribution in [0, 0.1) is 6.92 Å². The Morgan fingerprint density at radius 2 is 1.96 bits per heavy atom. The Kier molecular flexibility index (Phi) is 3.79. The van der Waals surface area contributed by atoms with Crippen LogP contribution in [0.2, 0.25) is 0 Å². The van der Waals surface area contributed by atoms with Gasteiger partial charge in [-0.05, 0) is 48.1 Å². The fourth-order valence-electron chi connectivity index (χ4n) is 3.22. The van der Waals surface area contributed by atoms with Gasteiger partial charge in [0, 0.05) is 16.3 Å². The molecule has 4 rings (SSSR count). The van der Waals surface area contributed by atoms with E-state index in [0.29, 0.717) is 0 Å². The lowest BCUT2D eigenvalue weighted by atomic mass is 9.93. The first-order chi connectivity index (χ1) is 11.2. The van der Waals surface area contributed by atoms with Crippen molar-refractivity contribution in [2.45, 2.75) is 19.4 Å². The molecule has 1 aliphatic heterocycles. The molecular formula is C19H17NOS2. The molecular weight excluding hydrogens is 322 g/mol. The highest BCUT2D eigenvalue weighted by atomic mass is 32.1. The van der Waals surface area contributed by atoms with Crippen LogP contribution in [0.15, 0.2) is 53.9 Å². The summed E-state index contributed by atoms with van der Waals surface area (Å²) in [5.41, 5.74) is 2.47. The van der Waals surface area contributed by atoms with Gasteiger partial charge in [-0.15, -0.1) is 22.7 Å². The molecule has 0 spiro atoms. The van der Waals surface area contributed by atoms with E-state index in [2.05, 4.69) is 23.6 Å². The summed E-state index contributed by atoms with van der Waals surface area (Å²) in [6, 6.07) is 16.5. The van der Waals surface area contributed by atoms with Gasteiger partial charge in [-0.1, -0.05) is 30.3 Å². The molecule has 3 heterocycles. The summed E-state index contributed by atoms with van der Waals surface area (Å²) in [6.45, 7) is 2.83. The van der Waals surface area contributed by atoms with Crippen molar-refractivity contribution < 1.29 is 4.79 Å². The minimum Gasteiger partial charge on any atom is -0.326 e. The Morgan fingerprint density at radius 3 is 2.70 bits per heavy atom. The minimum absolute atomic E-state index is 0.0288. The molecule has 3 aromatic rings. The fourth-order valence-corrected chi connectivity index (χ4v) is 4.95. The van der Waals surface area contributed by atoms with Crippen LogP contribution in [-0.4, -0.2) is 17.4 Å². The molecule has 0 bridgehead atoms. The quantitative estimate of drug-likeness (QED) is 0.650. The van der Waals surface area contributed by atoms with Gasteiger partial charge in [0.05, 0.1) is 10.9 Å². The normalized spacial score (nSPS) is 17.1. The molecule has 1 atom stereocenters. The topological polar surface area (TPSA) is 20.3 Å². The maximum atomic E-state index is 13.1. The maximum Gasteiger partial charge on any atom is 0.264 e. The van der Waals surface area contributed by atoms with Crippen LogP contribution < -0.4 is 0 Å².